The van der Waals surface area contributed by atoms with E-state index in [4.69, 9.17) is 0 Å². The van der Waals surface area contributed by atoms with Crippen molar-refractivity contribution in [1.82, 2.24) is 0 Å². The normalized spacial score (nSPS) is 40.3. The fourth-order valence-corrected chi connectivity index (χ4v) is 3.94. The molecule has 1 N–H and O–H groups in total. The largest absolute Gasteiger partial charge is 0.391 e. The molecule has 3 heteroatoms. The molecule has 2 aliphatic rings. The van der Waals surface area contributed by atoms with Gasteiger partial charge in [-0.25, -0.2) is 0 Å². The first-order valence-corrected chi connectivity index (χ1v) is 7.20. The van der Waals surface area contributed by atoms with Crippen molar-refractivity contribution in [2.75, 3.05) is 12.0 Å². The van der Waals surface area contributed by atoms with E-state index in [2.05, 4.69) is 6.07 Å². The zero-order valence-electron chi connectivity index (χ0n) is 9.28. The predicted octanol–water partition coefficient (Wildman–Crippen LogP) is 2.43. The molecule has 2 fully saturated rings. The highest BCUT2D eigenvalue weighted by Crippen LogP contribution is 2.57. The topological polar surface area (TPSA) is 44.0 Å². The summed E-state index contributed by atoms with van der Waals surface area (Å²) in [6, 6.07) is 2.46. The molecule has 0 saturated heterocycles. The number of aliphatic hydroxyl groups is 1. The minimum Gasteiger partial charge on any atom is -0.391 e. The summed E-state index contributed by atoms with van der Waals surface area (Å²) < 4.78 is 0. The standard InChI is InChI=1S/C12H19NOS/c1-15-5-4-11(14)12(8-13)7-9-2-3-10(12)6-9/h9-11,14H,2-7H2,1H3. The quantitative estimate of drug-likeness (QED) is 0.799. The van der Waals surface area contributed by atoms with E-state index in [9.17, 15) is 10.4 Å². The lowest BCUT2D eigenvalue weighted by atomic mass is 9.69. The first kappa shape index (κ1) is 11.3. The Morgan fingerprint density at radius 3 is 2.87 bits per heavy atom. The molecule has 0 heterocycles. The van der Waals surface area contributed by atoms with E-state index in [-0.39, 0.29) is 0 Å². The summed E-state index contributed by atoms with van der Waals surface area (Å²) in [6.45, 7) is 0. The van der Waals surface area contributed by atoms with Gasteiger partial charge in [0.1, 0.15) is 0 Å². The Morgan fingerprint density at radius 2 is 2.40 bits per heavy atom. The molecule has 0 aromatic heterocycles. The van der Waals surface area contributed by atoms with Crippen molar-refractivity contribution in [2.24, 2.45) is 17.3 Å². The first-order chi connectivity index (χ1) is 7.23. The van der Waals surface area contributed by atoms with E-state index < -0.39 is 11.5 Å². The van der Waals surface area contributed by atoms with Crippen LogP contribution in [0.25, 0.3) is 0 Å². The first-order valence-electron chi connectivity index (χ1n) is 5.81. The molecule has 2 rings (SSSR count). The Balaban J connectivity index is 2.06. The summed E-state index contributed by atoms with van der Waals surface area (Å²) >= 11 is 1.75. The van der Waals surface area contributed by atoms with Gasteiger partial charge in [-0.15, -0.1) is 0 Å². The van der Waals surface area contributed by atoms with E-state index >= 15 is 0 Å². The van der Waals surface area contributed by atoms with E-state index in [0.717, 1.165) is 30.9 Å². The zero-order chi connectivity index (χ0) is 10.9. The summed E-state index contributed by atoms with van der Waals surface area (Å²) in [5.74, 6) is 2.16. The number of nitrogens with zero attached hydrogens (tertiary/aromatic N) is 1. The molecule has 0 radical (unpaired) electrons. The van der Waals surface area contributed by atoms with Crippen LogP contribution in [-0.4, -0.2) is 23.2 Å². The van der Waals surface area contributed by atoms with Gasteiger partial charge >= 0.3 is 0 Å². The molecule has 84 valence electrons. The maximum absolute atomic E-state index is 10.2. The van der Waals surface area contributed by atoms with Gasteiger partial charge in [-0.3, -0.25) is 0 Å². The van der Waals surface area contributed by atoms with Crippen LogP contribution in [0.15, 0.2) is 0 Å². The molecule has 2 bridgehead atoms. The molecule has 0 spiro atoms. The lowest BCUT2D eigenvalue weighted by Crippen LogP contribution is -2.39. The van der Waals surface area contributed by atoms with Crippen molar-refractivity contribution in [2.45, 2.75) is 38.2 Å². The number of hydrogen-bond donors (Lipinski definition) is 1. The van der Waals surface area contributed by atoms with Gasteiger partial charge in [-0.1, -0.05) is 6.42 Å². The lowest BCUT2D eigenvalue weighted by Gasteiger charge is -2.35. The van der Waals surface area contributed by atoms with Crippen LogP contribution in [0.1, 0.15) is 32.1 Å². The Hall–Kier alpha value is -0.200. The molecule has 2 nitrogen and oxygen atoms in total. The second-order valence-electron chi connectivity index (χ2n) is 5.03. The summed E-state index contributed by atoms with van der Waals surface area (Å²) in [5, 5.41) is 19.6. The van der Waals surface area contributed by atoms with Gasteiger partial charge in [-0.05, 0) is 49.5 Å². The van der Waals surface area contributed by atoms with E-state index in [0.29, 0.717) is 5.92 Å². The number of hydrogen-bond acceptors (Lipinski definition) is 3. The van der Waals surface area contributed by atoms with Crippen LogP contribution in [-0.2, 0) is 0 Å². The van der Waals surface area contributed by atoms with Crippen LogP contribution in [0.4, 0.5) is 0 Å². The number of fused-ring (bicyclic) bond motifs is 2. The number of thioether (sulfide) groups is 1. The van der Waals surface area contributed by atoms with Crippen LogP contribution in [0.3, 0.4) is 0 Å². The average Bonchev–Trinajstić information content (AvgIpc) is 2.85. The molecule has 0 amide bonds. The molecule has 2 saturated carbocycles. The maximum Gasteiger partial charge on any atom is 0.0863 e. The van der Waals surface area contributed by atoms with Gasteiger partial charge in [0.25, 0.3) is 0 Å². The SMILES string of the molecule is CSCCC(O)C1(C#N)CC2CCC1C2. The molecule has 4 unspecified atom stereocenters. The molecule has 0 aromatic rings. The van der Waals surface area contributed by atoms with Crippen LogP contribution in [0, 0.1) is 28.6 Å². The number of rotatable bonds is 4. The molecule has 0 aliphatic heterocycles. The zero-order valence-corrected chi connectivity index (χ0v) is 10.1. The third kappa shape index (κ3) is 1.79. The highest BCUT2D eigenvalue weighted by atomic mass is 32.2. The average molecular weight is 225 g/mol. The van der Waals surface area contributed by atoms with Crippen LogP contribution >= 0.6 is 11.8 Å². The summed E-state index contributed by atoms with van der Waals surface area (Å²) in [5.41, 5.74) is -0.390. The van der Waals surface area contributed by atoms with Crippen molar-refractivity contribution < 1.29 is 5.11 Å². The molecular formula is C12H19NOS. The van der Waals surface area contributed by atoms with Crippen molar-refractivity contribution in [3.63, 3.8) is 0 Å². The van der Waals surface area contributed by atoms with Gasteiger partial charge < -0.3 is 5.11 Å². The van der Waals surface area contributed by atoms with Crippen LogP contribution < -0.4 is 0 Å². The molecule has 15 heavy (non-hydrogen) atoms. The minimum atomic E-state index is -0.398. The summed E-state index contributed by atoms with van der Waals surface area (Å²) in [4.78, 5) is 0. The molecule has 2 aliphatic carbocycles. The fourth-order valence-electron chi connectivity index (χ4n) is 3.48. The molecular weight excluding hydrogens is 206 g/mol. The van der Waals surface area contributed by atoms with Crippen LogP contribution in [0.5, 0.6) is 0 Å². The van der Waals surface area contributed by atoms with E-state index in [1.165, 1.54) is 12.8 Å². The Bertz CT molecular complexity index is 275. The number of aliphatic hydroxyl groups excluding tert-OH is 1. The second kappa shape index (κ2) is 4.35. The van der Waals surface area contributed by atoms with Gasteiger partial charge in [0.2, 0.25) is 0 Å². The predicted molar refractivity (Wildman–Crippen MR) is 62.5 cm³/mol. The smallest absolute Gasteiger partial charge is 0.0863 e. The maximum atomic E-state index is 10.2. The van der Waals surface area contributed by atoms with Crippen molar-refractivity contribution in [1.29, 1.82) is 5.26 Å². The van der Waals surface area contributed by atoms with Gasteiger partial charge in [-0.2, -0.15) is 17.0 Å². The van der Waals surface area contributed by atoms with Crippen molar-refractivity contribution >= 4 is 11.8 Å². The van der Waals surface area contributed by atoms with Gasteiger partial charge in [0.15, 0.2) is 0 Å². The third-order valence-electron chi connectivity index (χ3n) is 4.29. The molecule has 4 atom stereocenters. The van der Waals surface area contributed by atoms with Gasteiger partial charge in [0, 0.05) is 0 Å². The summed E-state index contributed by atoms with van der Waals surface area (Å²) in [6.07, 6.45) is 7.00. The second-order valence-corrected chi connectivity index (χ2v) is 6.02. The monoisotopic (exact) mass is 225 g/mol. The highest BCUT2D eigenvalue weighted by Gasteiger charge is 2.54. The fraction of sp³-hybridized carbons (Fsp3) is 0.917. The Morgan fingerprint density at radius 1 is 1.60 bits per heavy atom. The lowest BCUT2D eigenvalue weighted by molar-refractivity contribution is 0.0231. The van der Waals surface area contributed by atoms with E-state index in [1.54, 1.807) is 11.8 Å². The van der Waals surface area contributed by atoms with Gasteiger partial charge in [0.05, 0.1) is 17.6 Å². The third-order valence-corrected chi connectivity index (χ3v) is 4.94. The number of nitriles is 1. The summed E-state index contributed by atoms with van der Waals surface area (Å²) in [7, 11) is 0. The van der Waals surface area contributed by atoms with E-state index in [1.807, 2.05) is 6.26 Å². The molecule has 0 aromatic carbocycles. The Labute approximate surface area is 96.1 Å². The minimum absolute atomic E-state index is 0.390. The highest BCUT2D eigenvalue weighted by molar-refractivity contribution is 7.98. The van der Waals surface area contributed by atoms with Crippen LogP contribution in [0.2, 0.25) is 0 Å². The van der Waals surface area contributed by atoms with Crippen molar-refractivity contribution in [3.05, 3.63) is 0 Å². The van der Waals surface area contributed by atoms with Crippen molar-refractivity contribution in [3.8, 4) is 6.07 Å². The Kier molecular flexibility index (Phi) is 3.27.